The molecule has 0 bridgehead atoms. The summed E-state index contributed by atoms with van der Waals surface area (Å²) in [6.07, 6.45) is 2.14. The highest BCUT2D eigenvalue weighted by Crippen LogP contribution is 2.18. The molecule has 1 aliphatic rings. The average Bonchev–Trinajstić information content (AvgIpc) is 2.30. The third-order valence-corrected chi connectivity index (χ3v) is 3.67. The van der Waals surface area contributed by atoms with Crippen LogP contribution < -0.4 is 15.2 Å². The number of sulfonamides is 1. The Hall–Kier alpha value is -0.820. The summed E-state index contributed by atoms with van der Waals surface area (Å²) >= 11 is 0. The molecule has 0 amide bonds. The zero-order valence-electron chi connectivity index (χ0n) is 9.83. The molecule has 2 rings (SSSR count). The number of halogens is 1. The van der Waals surface area contributed by atoms with Crippen molar-refractivity contribution in [2.75, 3.05) is 13.1 Å². The zero-order valence-corrected chi connectivity index (χ0v) is 11.5. The van der Waals surface area contributed by atoms with Crippen LogP contribution in [0.1, 0.15) is 12.8 Å². The number of ether oxygens (including phenoxy) is 1. The highest BCUT2D eigenvalue weighted by molar-refractivity contribution is 7.89. The Bertz CT molecular complexity index is 470. The largest absolute Gasteiger partial charge is 0.490 e. The Morgan fingerprint density at radius 2 is 1.72 bits per heavy atom. The van der Waals surface area contributed by atoms with E-state index in [-0.39, 0.29) is 23.4 Å². The van der Waals surface area contributed by atoms with E-state index >= 15 is 0 Å². The maximum Gasteiger partial charge on any atom is 0.238 e. The standard InChI is InChI=1S/C11H16N2O3S.ClH/c12-17(14,15)11-3-1-9(2-4-11)16-10-5-7-13-8-6-10;/h1-4,10,13H,5-8H2,(H2,12,14,15);1H. The molecule has 1 saturated heterocycles. The predicted octanol–water partition coefficient (Wildman–Crippen LogP) is 0.887. The Balaban J connectivity index is 0.00000162. The molecule has 1 aliphatic heterocycles. The van der Waals surface area contributed by atoms with Gasteiger partial charge in [0.05, 0.1) is 4.90 Å². The fraction of sp³-hybridized carbons (Fsp3) is 0.455. The fourth-order valence-corrected chi connectivity index (χ4v) is 2.33. The van der Waals surface area contributed by atoms with Crippen LogP contribution in [0.25, 0.3) is 0 Å². The Morgan fingerprint density at radius 1 is 1.17 bits per heavy atom. The summed E-state index contributed by atoms with van der Waals surface area (Å²) in [7, 11) is -3.62. The lowest BCUT2D eigenvalue weighted by molar-refractivity contribution is 0.162. The second-order valence-electron chi connectivity index (χ2n) is 4.08. The number of primary sulfonamides is 1. The summed E-state index contributed by atoms with van der Waals surface area (Å²) in [5.74, 6) is 0.685. The molecule has 18 heavy (non-hydrogen) atoms. The van der Waals surface area contributed by atoms with Gasteiger partial charge in [0.2, 0.25) is 10.0 Å². The van der Waals surface area contributed by atoms with E-state index in [9.17, 15) is 8.42 Å². The minimum atomic E-state index is -3.62. The quantitative estimate of drug-likeness (QED) is 0.867. The lowest BCUT2D eigenvalue weighted by atomic mass is 10.1. The van der Waals surface area contributed by atoms with Gasteiger partial charge in [-0.05, 0) is 50.2 Å². The van der Waals surface area contributed by atoms with E-state index in [2.05, 4.69) is 5.32 Å². The van der Waals surface area contributed by atoms with Gasteiger partial charge in [0.1, 0.15) is 11.9 Å². The van der Waals surface area contributed by atoms with Crippen molar-refractivity contribution in [1.82, 2.24) is 5.32 Å². The van der Waals surface area contributed by atoms with Crippen molar-refractivity contribution < 1.29 is 13.2 Å². The molecular formula is C11H17ClN2O3S. The van der Waals surface area contributed by atoms with Crippen LogP contribution in [0.5, 0.6) is 5.75 Å². The molecular weight excluding hydrogens is 276 g/mol. The highest BCUT2D eigenvalue weighted by atomic mass is 35.5. The van der Waals surface area contributed by atoms with Crippen molar-refractivity contribution in [1.29, 1.82) is 0 Å². The van der Waals surface area contributed by atoms with E-state index in [0.717, 1.165) is 25.9 Å². The Morgan fingerprint density at radius 3 is 2.22 bits per heavy atom. The molecule has 0 spiro atoms. The minimum Gasteiger partial charge on any atom is -0.490 e. The van der Waals surface area contributed by atoms with Crippen molar-refractivity contribution in [3.63, 3.8) is 0 Å². The van der Waals surface area contributed by atoms with Crippen LogP contribution in [0.2, 0.25) is 0 Å². The molecule has 0 aliphatic carbocycles. The van der Waals surface area contributed by atoms with Gasteiger partial charge >= 0.3 is 0 Å². The van der Waals surface area contributed by atoms with E-state index in [1.807, 2.05) is 0 Å². The van der Waals surface area contributed by atoms with E-state index in [1.54, 1.807) is 12.1 Å². The summed E-state index contributed by atoms with van der Waals surface area (Å²) in [5.41, 5.74) is 0. The molecule has 1 heterocycles. The molecule has 0 aromatic heterocycles. The average molecular weight is 293 g/mol. The van der Waals surface area contributed by atoms with Crippen molar-refractivity contribution in [2.24, 2.45) is 5.14 Å². The van der Waals surface area contributed by atoms with Gasteiger partial charge in [0, 0.05) is 0 Å². The summed E-state index contributed by atoms with van der Waals surface area (Å²) in [4.78, 5) is 0.107. The second kappa shape index (κ2) is 6.38. The van der Waals surface area contributed by atoms with E-state index < -0.39 is 10.0 Å². The molecule has 1 aromatic carbocycles. The van der Waals surface area contributed by atoms with Gasteiger partial charge in [-0.3, -0.25) is 0 Å². The van der Waals surface area contributed by atoms with E-state index in [0.29, 0.717) is 5.75 Å². The van der Waals surface area contributed by atoms with Gasteiger partial charge < -0.3 is 10.1 Å². The van der Waals surface area contributed by atoms with E-state index in [4.69, 9.17) is 9.88 Å². The molecule has 0 radical (unpaired) electrons. The molecule has 0 unspecified atom stereocenters. The van der Waals surface area contributed by atoms with Crippen molar-refractivity contribution in [3.8, 4) is 5.75 Å². The van der Waals surface area contributed by atoms with Crippen LogP contribution in [0.4, 0.5) is 0 Å². The van der Waals surface area contributed by atoms with Crippen LogP contribution >= 0.6 is 12.4 Å². The van der Waals surface area contributed by atoms with Gasteiger partial charge in [-0.1, -0.05) is 0 Å². The number of hydrogen-bond donors (Lipinski definition) is 2. The molecule has 3 N–H and O–H groups in total. The SMILES string of the molecule is Cl.NS(=O)(=O)c1ccc(OC2CCNCC2)cc1. The molecule has 5 nitrogen and oxygen atoms in total. The third kappa shape index (κ3) is 4.13. The summed E-state index contributed by atoms with van der Waals surface area (Å²) in [6, 6.07) is 6.21. The number of benzene rings is 1. The first kappa shape index (κ1) is 15.2. The van der Waals surface area contributed by atoms with Crippen molar-refractivity contribution in [2.45, 2.75) is 23.8 Å². The third-order valence-electron chi connectivity index (χ3n) is 2.74. The molecule has 102 valence electrons. The normalized spacial score (nSPS) is 16.9. The molecule has 0 atom stereocenters. The topological polar surface area (TPSA) is 81.4 Å². The number of rotatable bonds is 3. The molecule has 0 saturated carbocycles. The van der Waals surface area contributed by atoms with Crippen LogP contribution in [-0.2, 0) is 10.0 Å². The maximum absolute atomic E-state index is 11.1. The monoisotopic (exact) mass is 292 g/mol. The van der Waals surface area contributed by atoms with Gasteiger partial charge in [-0.2, -0.15) is 0 Å². The summed E-state index contributed by atoms with van der Waals surface area (Å²) in [6.45, 7) is 1.92. The molecule has 7 heteroatoms. The number of nitrogens with two attached hydrogens (primary N) is 1. The van der Waals surface area contributed by atoms with Gasteiger partial charge in [0.25, 0.3) is 0 Å². The van der Waals surface area contributed by atoms with Gasteiger partial charge in [0.15, 0.2) is 0 Å². The van der Waals surface area contributed by atoms with Crippen LogP contribution in [0.3, 0.4) is 0 Å². The maximum atomic E-state index is 11.1. The first-order valence-electron chi connectivity index (χ1n) is 5.56. The number of nitrogens with one attached hydrogen (secondary N) is 1. The summed E-state index contributed by atoms with van der Waals surface area (Å²) < 4.78 is 27.9. The van der Waals surface area contributed by atoms with Crippen LogP contribution in [0, 0.1) is 0 Å². The zero-order chi connectivity index (χ0) is 12.3. The molecule has 1 fully saturated rings. The van der Waals surface area contributed by atoms with E-state index in [1.165, 1.54) is 12.1 Å². The number of hydrogen-bond acceptors (Lipinski definition) is 4. The van der Waals surface area contributed by atoms with Crippen molar-refractivity contribution in [3.05, 3.63) is 24.3 Å². The second-order valence-corrected chi connectivity index (χ2v) is 5.65. The van der Waals surface area contributed by atoms with Crippen molar-refractivity contribution >= 4 is 22.4 Å². The lowest BCUT2D eigenvalue weighted by Crippen LogP contribution is -2.34. The van der Waals surface area contributed by atoms with Gasteiger partial charge in [-0.25, -0.2) is 13.6 Å². The lowest BCUT2D eigenvalue weighted by Gasteiger charge is -2.23. The Labute approximate surface area is 113 Å². The fourth-order valence-electron chi connectivity index (χ4n) is 1.81. The van der Waals surface area contributed by atoms with Gasteiger partial charge in [-0.15, -0.1) is 12.4 Å². The predicted molar refractivity (Wildman–Crippen MR) is 71.6 cm³/mol. The Kier molecular flexibility index (Phi) is 5.40. The molecule has 1 aromatic rings. The minimum absolute atomic E-state index is 0. The first-order chi connectivity index (χ1) is 8.05. The van der Waals surface area contributed by atoms with Crippen LogP contribution in [-0.4, -0.2) is 27.6 Å². The summed E-state index contributed by atoms with van der Waals surface area (Å²) in [5, 5.41) is 8.27. The smallest absolute Gasteiger partial charge is 0.238 e. The number of piperidine rings is 1. The highest BCUT2D eigenvalue weighted by Gasteiger charge is 2.14. The van der Waals surface area contributed by atoms with Crippen LogP contribution in [0.15, 0.2) is 29.2 Å². The first-order valence-corrected chi connectivity index (χ1v) is 7.10.